The van der Waals surface area contributed by atoms with E-state index in [9.17, 15) is 5.11 Å². The van der Waals surface area contributed by atoms with Crippen LogP contribution in [0.2, 0.25) is 0 Å². The third kappa shape index (κ3) is 2.08. The van der Waals surface area contributed by atoms with Crippen LogP contribution in [-0.4, -0.2) is 23.8 Å². The highest BCUT2D eigenvalue weighted by Crippen LogP contribution is 2.12. The van der Waals surface area contributed by atoms with Crippen LogP contribution < -0.4 is 5.32 Å². The number of nitrogens with one attached hydrogen (secondary N) is 1. The van der Waals surface area contributed by atoms with Crippen LogP contribution in [0.15, 0.2) is 30.3 Å². The molecular formula is C11H15NO. The summed E-state index contributed by atoms with van der Waals surface area (Å²) in [5.74, 6) is 0. The van der Waals surface area contributed by atoms with Gasteiger partial charge in [-0.05, 0) is 24.9 Å². The molecule has 1 aromatic rings. The third-order valence-corrected chi connectivity index (χ3v) is 2.61. The second kappa shape index (κ2) is 3.90. The van der Waals surface area contributed by atoms with Crippen molar-refractivity contribution < 1.29 is 5.11 Å². The smallest absolute Gasteiger partial charge is 0.0708 e. The molecule has 0 unspecified atom stereocenters. The molecule has 2 nitrogen and oxygen atoms in total. The lowest BCUT2D eigenvalue weighted by Gasteiger charge is -2.14. The van der Waals surface area contributed by atoms with Gasteiger partial charge in [0.2, 0.25) is 0 Å². The SMILES string of the molecule is O[C@@H]1CCN[C@@H]1Cc1ccccc1. The van der Waals surface area contributed by atoms with Gasteiger partial charge in [0.05, 0.1) is 6.10 Å². The number of hydrogen-bond donors (Lipinski definition) is 2. The Balaban J connectivity index is 1.98. The number of hydrogen-bond acceptors (Lipinski definition) is 2. The zero-order valence-corrected chi connectivity index (χ0v) is 7.61. The van der Waals surface area contributed by atoms with Gasteiger partial charge in [0, 0.05) is 6.04 Å². The quantitative estimate of drug-likeness (QED) is 0.705. The summed E-state index contributed by atoms with van der Waals surface area (Å²) in [6, 6.07) is 10.6. The van der Waals surface area contributed by atoms with E-state index in [0.29, 0.717) is 0 Å². The molecule has 0 aliphatic carbocycles. The normalized spacial score (nSPS) is 27.8. The summed E-state index contributed by atoms with van der Waals surface area (Å²) >= 11 is 0. The Labute approximate surface area is 78.6 Å². The average Bonchev–Trinajstić information content (AvgIpc) is 2.54. The van der Waals surface area contributed by atoms with Crippen LogP contribution in [-0.2, 0) is 6.42 Å². The Bertz CT molecular complexity index is 260. The lowest BCUT2D eigenvalue weighted by atomic mass is 10.0. The highest BCUT2D eigenvalue weighted by Gasteiger charge is 2.24. The molecule has 2 N–H and O–H groups in total. The Morgan fingerprint density at radius 1 is 1.31 bits per heavy atom. The summed E-state index contributed by atoms with van der Waals surface area (Å²) in [6.07, 6.45) is 1.65. The molecule has 1 aliphatic rings. The molecule has 0 aromatic heterocycles. The largest absolute Gasteiger partial charge is 0.391 e. The number of rotatable bonds is 2. The molecule has 0 spiro atoms. The third-order valence-electron chi connectivity index (χ3n) is 2.61. The van der Waals surface area contributed by atoms with Crippen molar-refractivity contribution in [2.45, 2.75) is 25.0 Å². The Morgan fingerprint density at radius 3 is 2.69 bits per heavy atom. The minimum absolute atomic E-state index is 0.166. The first kappa shape index (κ1) is 8.73. The first-order valence-corrected chi connectivity index (χ1v) is 4.81. The Kier molecular flexibility index (Phi) is 2.62. The van der Waals surface area contributed by atoms with E-state index in [4.69, 9.17) is 0 Å². The molecule has 2 atom stereocenters. The monoisotopic (exact) mass is 177 g/mol. The van der Waals surface area contributed by atoms with Gasteiger partial charge in [-0.3, -0.25) is 0 Å². The van der Waals surface area contributed by atoms with Gasteiger partial charge >= 0.3 is 0 Å². The number of aliphatic hydroxyl groups is 1. The fourth-order valence-corrected chi connectivity index (χ4v) is 1.83. The van der Waals surface area contributed by atoms with Crippen molar-refractivity contribution in [3.63, 3.8) is 0 Å². The maximum absolute atomic E-state index is 9.59. The van der Waals surface area contributed by atoms with E-state index in [0.717, 1.165) is 19.4 Å². The summed E-state index contributed by atoms with van der Waals surface area (Å²) in [5.41, 5.74) is 1.29. The van der Waals surface area contributed by atoms with Crippen LogP contribution in [0.3, 0.4) is 0 Å². The predicted octanol–water partition coefficient (Wildman–Crippen LogP) is 0.952. The zero-order chi connectivity index (χ0) is 9.10. The fourth-order valence-electron chi connectivity index (χ4n) is 1.83. The van der Waals surface area contributed by atoms with E-state index < -0.39 is 0 Å². The van der Waals surface area contributed by atoms with Crippen molar-refractivity contribution >= 4 is 0 Å². The molecule has 0 amide bonds. The van der Waals surface area contributed by atoms with Crippen LogP contribution in [0.4, 0.5) is 0 Å². The van der Waals surface area contributed by atoms with Crippen LogP contribution >= 0.6 is 0 Å². The van der Waals surface area contributed by atoms with Gasteiger partial charge in [0.25, 0.3) is 0 Å². The van der Waals surface area contributed by atoms with Crippen molar-refractivity contribution in [3.8, 4) is 0 Å². The molecule has 2 heteroatoms. The number of aliphatic hydroxyl groups excluding tert-OH is 1. The molecule has 0 saturated carbocycles. The van der Waals surface area contributed by atoms with Crippen LogP contribution in [0.1, 0.15) is 12.0 Å². The molecule has 13 heavy (non-hydrogen) atoms. The van der Waals surface area contributed by atoms with Crippen molar-refractivity contribution in [2.24, 2.45) is 0 Å². The molecular weight excluding hydrogens is 162 g/mol. The van der Waals surface area contributed by atoms with Crippen molar-refractivity contribution in [3.05, 3.63) is 35.9 Å². The molecule has 2 rings (SSSR count). The average molecular weight is 177 g/mol. The summed E-state index contributed by atoms with van der Waals surface area (Å²) in [7, 11) is 0. The van der Waals surface area contributed by atoms with E-state index in [1.54, 1.807) is 0 Å². The Hall–Kier alpha value is -0.860. The van der Waals surface area contributed by atoms with Crippen molar-refractivity contribution in [1.82, 2.24) is 5.32 Å². The second-order valence-corrected chi connectivity index (χ2v) is 3.61. The molecule has 1 aliphatic heterocycles. The first-order chi connectivity index (χ1) is 6.36. The van der Waals surface area contributed by atoms with Crippen molar-refractivity contribution in [1.29, 1.82) is 0 Å². The molecule has 1 fully saturated rings. The van der Waals surface area contributed by atoms with Crippen LogP contribution in [0, 0.1) is 0 Å². The summed E-state index contributed by atoms with van der Waals surface area (Å²) < 4.78 is 0. The van der Waals surface area contributed by atoms with Gasteiger partial charge in [0.15, 0.2) is 0 Å². The molecule has 1 heterocycles. The van der Waals surface area contributed by atoms with Gasteiger partial charge in [-0.15, -0.1) is 0 Å². The van der Waals surface area contributed by atoms with Crippen LogP contribution in [0.5, 0.6) is 0 Å². The van der Waals surface area contributed by atoms with E-state index in [1.165, 1.54) is 5.56 Å². The lowest BCUT2D eigenvalue weighted by Crippen LogP contribution is -2.32. The second-order valence-electron chi connectivity index (χ2n) is 3.61. The van der Waals surface area contributed by atoms with Crippen LogP contribution in [0.25, 0.3) is 0 Å². The first-order valence-electron chi connectivity index (χ1n) is 4.81. The molecule has 1 saturated heterocycles. The fraction of sp³-hybridized carbons (Fsp3) is 0.455. The van der Waals surface area contributed by atoms with Gasteiger partial charge in [-0.2, -0.15) is 0 Å². The molecule has 0 radical (unpaired) electrons. The zero-order valence-electron chi connectivity index (χ0n) is 7.61. The van der Waals surface area contributed by atoms with Gasteiger partial charge < -0.3 is 10.4 Å². The maximum Gasteiger partial charge on any atom is 0.0708 e. The van der Waals surface area contributed by atoms with E-state index >= 15 is 0 Å². The topological polar surface area (TPSA) is 32.3 Å². The summed E-state index contributed by atoms with van der Waals surface area (Å²) in [4.78, 5) is 0. The summed E-state index contributed by atoms with van der Waals surface area (Å²) in [6.45, 7) is 0.943. The van der Waals surface area contributed by atoms with E-state index in [2.05, 4.69) is 17.4 Å². The van der Waals surface area contributed by atoms with Gasteiger partial charge in [-0.25, -0.2) is 0 Å². The highest BCUT2D eigenvalue weighted by molar-refractivity contribution is 5.16. The van der Waals surface area contributed by atoms with Gasteiger partial charge in [-0.1, -0.05) is 30.3 Å². The highest BCUT2D eigenvalue weighted by atomic mass is 16.3. The van der Waals surface area contributed by atoms with Gasteiger partial charge in [0.1, 0.15) is 0 Å². The van der Waals surface area contributed by atoms with Crippen molar-refractivity contribution in [2.75, 3.05) is 6.54 Å². The minimum atomic E-state index is -0.166. The van der Waals surface area contributed by atoms with E-state index in [1.807, 2.05) is 18.2 Å². The standard InChI is InChI=1S/C11H15NO/c13-11-6-7-12-10(11)8-9-4-2-1-3-5-9/h1-5,10-13H,6-8H2/t10-,11-/m1/s1. The Morgan fingerprint density at radius 2 is 2.08 bits per heavy atom. The minimum Gasteiger partial charge on any atom is -0.391 e. The molecule has 1 aromatic carbocycles. The number of benzene rings is 1. The maximum atomic E-state index is 9.59. The summed E-state index contributed by atoms with van der Waals surface area (Å²) in [5, 5.41) is 12.9. The molecule has 0 bridgehead atoms. The predicted molar refractivity (Wildman–Crippen MR) is 52.6 cm³/mol. The molecule has 70 valence electrons. The van der Waals surface area contributed by atoms with E-state index in [-0.39, 0.29) is 12.1 Å². The lowest BCUT2D eigenvalue weighted by molar-refractivity contribution is 0.159.